The van der Waals surface area contributed by atoms with Crippen molar-refractivity contribution in [3.05, 3.63) is 54.1 Å². The van der Waals surface area contributed by atoms with Crippen LogP contribution in [0.25, 0.3) is 0 Å². The van der Waals surface area contributed by atoms with Crippen LogP contribution in [0.2, 0.25) is 0 Å². The molecule has 4 rings (SSSR count). The van der Waals surface area contributed by atoms with E-state index in [2.05, 4.69) is 53.6 Å². The Balaban J connectivity index is 1.26. The van der Waals surface area contributed by atoms with Gasteiger partial charge in [0.15, 0.2) is 5.11 Å². The molecule has 2 aromatic carbocycles. The zero-order chi connectivity index (χ0) is 21.6. The molecule has 31 heavy (non-hydrogen) atoms. The molecular formula is C26H35N3OS. The molecule has 166 valence electrons. The summed E-state index contributed by atoms with van der Waals surface area (Å²) in [5, 5.41) is 7.32. The van der Waals surface area contributed by atoms with Crippen molar-refractivity contribution in [2.45, 2.75) is 64.5 Å². The predicted molar refractivity (Wildman–Crippen MR) is 134 cm³/mol. The van der Waals surface area contributed by atoms with Gasteiger partial charge in [0.1, 0.15) is 5.75 Å². The maximum atomic E-state index is 6.04. The quantitative estimate of drug-likeness (QED) is 0.519. The Morgan fingerprint density at radius 2 is 1.61 bits per heavy atom. The molecule has 2 aliphatic rings. The minimum absolute atomic E-state index is 0.139. The van der Waals surface area contributed by atoms with Crippen molar-refractivity contribution in [1.82, 2.24) is 5.32 Å². The Hall–Kier alpha value is -2.27. The Kier molecular flexibility index (Phi) is 7.33. The van der Waals surface area contributed by atoms with Crippen LogP contribution in [0, 0.1) is 5.92 Å². The summed E-state index contributed by atoms with van der Waals surface area (Å²) in [5.74, 6) is 1.79. The number of benzene rings is 2. The maximum Gasteiger partial charge on any atom is 0.171 e. The molecule has 0 unspecified atom stereocenters. The lowest BCUT2D eigenvalue weighted by Gasteiger charge is -2.32. The van der Waals surface area contributed by atoms with Crippen LogP contribution in [0.1, 0.15) is 64.0 Å². The lowest BCUT2D eigenvalue weighted by molar-refractivity contribution is 0.210. The lowest BCUT2D eigenvalue weighted by Crippen LogP contribution is -2.33. The molecule has 1 atom stereocenters. The molecule has 1 aliphatic heterocycles. The fourth-order valence-electron chi connectivity index (χ4n) is 4.50. The fraction of sp³-hybridized carbons (Fsp3) is 0.500. The number of hydrogen-bond donors (Lipinski definition) is 2. The third-order valence-corrected chi connectivity index (χ3v) is 6.83. The van der Waals surface area contributed by atoms with Crippen molar-refractivity contribution in [3.8, 4) is 5.75 Å². The number of piperidine rings is 1. The molecular weight excluding hydrogens is 402 g/mol. The van der Waals surface area contributed by atoms with Gasteiger partial charge in [-0.05, 0) is 106 Å². The first kappa shape index (κ1) is 21.9. The molecule has 1 saturated carbocycles. The number of thiocarbonyl (C=S) groups is 1. The molecule has 2 fully saturated rings. The highest BCUT2D eigenvalue weighted by molar-refractivity contribution is 7.80. The summed E-state index contributed by atoms with van der Waals surface area (Å²) >= 11 is 5.54. The van der Waals surface area contributed by atoms with Gasteiger partial charge in [-0.25, -0.2) is 0 Å². The summed E-state index contributed by atoms with van der Waals surface area (Å²) in [6.45, 7) is 6.81. The van der Waals surface area contributed by atoms with E-state index >= 15 is 0 Å². The van der Waals surface area contributed by atoms with E-state index in [0.717, 1.165) is 30.4 Å². The van der Waals surface area contributed by atoms with Gasteiger partial charge >= 0.3 is 0 Å². The van der Waals surface area contributed by atoms with Crippen molar-refractivity contribution in [3.63, 3.8) is 0 Å². The first-order chi connectivity index (χ1) is 15.1. The molecule has 0 spiro atoms. The zero-order valence-electron chi connectivity index (χ0n) is 18.8. The Morgan fingerprint density at radius 1 is 0.968 bits per heavy atom. The van der Waals surface area contributed by atoms with Crippen LogP contribution in [0.4, 0.5) is 11.4 Å². The smallest absolute Gasteiger partial charge is 0.171 e. The summed E-state index contributed by atoms with van der Waals surface area (Å²) < 4.78 is 6.04. The minimum Gasteiger partial charge on any atom is -0.490 e. The molecule has 1 saturated heterocycles. The summed E-state index contributed by atoms with van der Waals surface area (Å²) in [7, 11) is 0. The molecule has 5 heteroatoms. The second-order valence-corrected chi connectivity index (χ2v) is 9.54. The first-order valence-corrected chi connectivity index (χ1v) is 12.2. The van der Waals surface area contributed by atoms with Crippen LogP contribution in [-0.2, 0) is 0 Å². The van der Waals surface area contributed by atoms with Gasteiger partial charge in [-0.1, -0.05) is 19.1 Å². The highest BCUT2D eigenvalue weighted by atomic mass is 32.1. The van der Waals surface area contributed by atoms with E-state index in [1.54, 1.807) is 0 Å². The lowest BCUT2D eigenvalue weighted by atomic mass is 9.98. The Bertz CT molecular complexity index is 838. The molecule has 0 amide bonds. The largest absolute Gasteiger partial charge is 0.490 e. The van der Waals surface area contributed by atoms with E-state index in [0.29, 0.717) is 11.2 Å². The van der Waals surface area contributed by atoms with Gasteiger partial charge in [0.05, 0.1) is 12.1 Å². The Labute approximate surface area is 192 Å². The second-order valence-electron chi connectivity index (χ2n) is 9.13. The van der Waals surface area contributed by atoms with Gasteiger partial charge in [-0.3, -0.25) is 0 Å². The highest BCUT2D eigenvalue weighted by Gasteiger charge is 2.17. The maximum absolute atomic E-state index is 6.04. The number of nitrogens with one attached hydrogen (secondary N) is 2. The summed E-state index contributed by atoms with van der Waals surface area (Å²) in [5.41, 5.74) is 3.53. The van der Waals surface area contributed by atoms with E-state index in [4.69, 9.17) is 17.0 Å². The van der Waals surface area contributed by atoms with Crippen molar-refractivity contribution in [2.24, 2.45) is 5.92 Å². The number of rotatable bonds is 6. The van der Waals surface area contributed by atoms with Crippen molar-refractivity contribution >= 4 is 28.7 Å². The molecule has 0 radical (unpaired) electrons. The predicted octanol–water partition coefficient (Wildman–Crippen LogP) is 6.29. The second kappa shape index (κ2) is 10.4. The van der Waals surface area contributed by atoms with E-state index < -0.39 is 0 Å². The molecule has 1 heterocycles. The Morgan fingerprint density at radius 3 is 2.26 bits per heavy atom. The monoisotopic (exact) mass is 437 g/mol. The fourth-order valence-corrected chi connectivity index (χ4v) is 4.80. The molecule has 1 aliphatic carbocycles. The van der Waals surface area contributed by atoms with Crippen molar-refractivity contribution < 1.29 is 4.74 Å². The molecule has 2 N–H and O–H groups in total. The van der Waals surface area contributed by atoms with Crippen molar-refractivity contribution in [2.75, 3.05) is 23.3 Å². The van der Waals surface area contributed by atoms with Crippen LogP contribution in [0.5, 0.6) is 5.75 Å². The zero-order valence-corrected chi connectivity index (χ0v) is 19.6. The van der Waals surface area contributed by atoms with Crippen LogP contribution in [-0.4, -0.2) is 24.3 Å². The third-order valence-electron chi connectivity index (χ3n) is 6.61. The number of ether oxygens (including phenoxy) is 1. The molecule has 2 aromatic rings. The van der Waals surface area contributed by atoms with E-state index in [1.165, 1.54) is 49.8 Å². The van der Waals surface area contributed by atoms with Crippen LogP contribution < -0.4 is 20.3 Å². The summed E-state index contributed by atoms with van der Waals surface area (Å²) in [6, 6.07) is 17.1. The number of anilines is 2. The summed E-state index contributed by atoms with van der Waals surface area (Å²) in [6.07, 6.45) is 7.85. The third kappa shape index (κ3) is 6.13. The van der Waals surface area contributed by atoms with E-state index in [9.17, 15) is 0 Å². The standard InChI is InChI=1S/C26H35N3OS/c1-19-15-17-29(18-16-19)23-11-7-21(8-12-23)20(2)27-26(31)28-22-9-13-25(14-10-22)30-24-5-3-4-6-24/h7-14,19-20,24H,3-6,15-18H2,1-2H3,(H2,27,28,31)/t20-/m0/s1. The van der Waals surface area contributed by atoms with Crippen LogP contribution in [0.3, 0.4) is 0 Å². The van der Waals surface area contributed by atoms with Crippen LogP contribution >= 0.6 is 12.2 Å². The SMILES string of the molecule is CC1CCN(c2ccc([C@H](C)NC(=S)Nc3ccc(OC4CCCC4)cc3)cc2)CC1. The van der Waals surface area contributed by atoms with Gasteiger partial charge in [0.25, 0.3) is 0 Å². The van der Waals surface area contributed by atoms with Gasteiger partial charge in [0.2, 0.25) is 0 Å². The molecule has 4 nitrogen and oxygen atoms in total. The topological polar surface area (TPSA) is 36.5 Å². The van der Waals surface area contributed by atoms with Gasteiger partial charge in [-0.15, -0.1) is 0 Å². The van der Waals surface area contributed by atoms with Gasteiger partial charge in [0, 0.05) is 24.5 Å². The minimum atomic E-state index is 0.139. The van der Waals surface area contributed by atoms with Gasteiger partial charge < -0.3 is 20.3 Å². The average molecular weight is 438 g/mol. The first-order valence-electron chi connectivity index (χ1n) is 11.8. The number of hydrogen-bond acceptors (Lipinski definition) is 3. The normalized spacial score (nSPS) is 18.6. The summed E-state index contributed by atoms with van der Waals surface area (Å²) in [4.78, 5) is 2.49. The highest BCUT2D eigenvalue weighted by Crippen LogP contribution is 2.26. The average Bonchev–Trinajstić information content (AvgIpc) is 3.29. The van der Waals surface area contributed by atoms with E-state index in [1.807, 2.05) is 24.3 Å². The molecule has 0 bridgehead atoms. The van der Waals surface area contributed by atoms with Crippen molar-refractivity contribution in [1.29, 1.82) is 0 Å². The number of nitrogens with zero attached hydrogens (tertiary/aromatic N) is 1. The van der Waals surface area contributed by atoms with Crippen LogP contribution in [0.15, 0.2) is 48.5 Å². The molecule has 0 aromatic heterocycles. The van der Waals surface area contributed by atoms with Gasteiger partial charge in [-0.2, -0.15) is 0 Å². The van der Waals surface area contributed by atoms with E-state index in [-0.39, 0.29) is 6.04 Å².